The summed E-state index contributed by atoms with van der Waals surface area (Å²) in [6, 6.07) is 0. The summed E-state index contributed by atoms with van der Waals surface area (Å²) >= 11 is 0. The lowest BCUT2D eigenvalue weighted by Crippen LogP contribution is -2.34. The van der Waals surface area contributed by atoms with Gasteiger partial charge >= 0.3 is 0 Å². The number of nitrogens with two attached hydrogens (primary N) is 3. The van der Waals surface area contributed by atoms with Gasteiger partial charge in [-0.05, 0) is 31.8 Å². The van der Waals surface area contributed by atoms with E-state index in [0.717, 1.165) is 6.54 Å². The van der Waals surface area contributed by atoms with Gasteiger partial charge in [0.2, 0.25) is 5.96 Å². The predicted octanol–water partition coefficient (Wildman–Crippen LogP) is -0.303. The first-order valence-corrected chi connectivity index (χ1v) is 6.20. The van der Waals surface area contributed by atoms with Crippen molar-refractivity contribution in [3.8, 4) is 0 Å². The molecule has 0 aliphatic carbocycles. The second-order valence-electron chi connectivity index (χ2n) is 4.70. The van der Waals surface area contributed by atoms with Crippen molar-refractivity contribution < 1.29 is 0 Å². The first kappa shape index (κ1) is 13.8. The summed E-state index contributed by atoms with van der Waals surface area (Å²) in [4.78, 5) is 10.3. The highest BCUT2D eigenvalue weighted by Crippen LogP contribution is 2.10. The predicted molar refractivity (Wildman–Crippen MR) is 71.8 cm³/mol. The zero-order valence-electron chi connectivity index (χ0n) is 10.6. The highest BCUT2D eigenvalue weighted by Gasteiger charge is 2.12. The van der Waals surface area contributed by atoms with E-state index in [2.05, 4.69) is 21.8 Å². The highest BCUT2D eigenvalue weighted by atomic mass is 15.1. The van der Waals surface area contributed by atoms with Gasteiger partial charge in [0.1, 0.15) is 0 Å². The van der Waals surface area contributed by atoms with Crippen LogP contribution in [-0.2, 0) is 0 Å². The summed E-state index contributed by atoms with van der Waals surface area (Å²) in [7, 11) is 0. The van der Waals surface area contributed by atoms with E-state index in [4.69, 9.17) is 17.2 Å². The maximum absolute atomic E-state index is 5.54. The van der Waals surface area contributed by atoms with Crippen molar-refractivity contribution in [3.63, 3.8) is 0 Å². The number of likely N-dealkylation sites (tertiary alicyclic amines) is 1. The van der Waals surface area contributed by atoms with Crippen molar-refractivity contribution in [3.05, 3.63) is 0 Å². The monoisotopic (exact) mass is 240 g/mol. The zero-order valence-corrected chi connectivity index (χ0v) is 10.6. The topological polar surface area (TPSA) is 106 Å². The summed E-state index contributed by atoms with van der Waals surface area (Å²) in [5.74, 6) is 0.589. The van der Waals surface area contributed by atoms with Crippen molar-refractivity contribution >= 4 is 11.9 Å². The van der Waals surface area contributed by atoms with E-state index in [1.54, 1.807) is 0 Å². The van der Waals surface area contributed by atoms with Gasteiger partial charge in [-0.25, -0.2) is 0 Å². The molecule has 1 fully saturated rings. The summed E-state index contributed by atoms with van der Waals surface area (Å²) in [6.07, 6.45) is 3.98. The van der Waals surface area contributed by atoms with Crippen molar-refractivity contribution in [1.82, 2.24) is 4.90 Å². The van der Waals surface area contributed by atoms with Crippen LogP contribution in [0, 0.1) is 5.92 Å². The lowest BCUT2D eigenvalue weighted by Gasteiger charge is -2.28. The van der Waals surface area contributed by atoms with E-state index in [9.17, 15) is 0 Å². The third kappa shape index (κ3) is 6.11. The molecule has 98 valence electrons. The Morgan fingerprint density at radius 1 is 1.18 bits per heavy atom. The average molecular weight is 240 g/mol. The Kier molecular flexibility index (Phi) is 5.76. The minimum atomic E-state index is -0.0464. The highest BCUT2D eigenvalue weighted by molar-refractivity contribution is 5.92. The van der Waals surface area contributed by atoms with Gasteiger partial charge in [0.05, 0.1) is 0 Å². The lowest BCUT2D eigenvalue weighted by atomic mass is 10.1. The minimum absolute atomic E-state index is 0.0464. The Hall–Kier alpha value is -1.30. The Morgan fingerprint density at radius 2 is 1.82 bits per heavy atom. The fraction of sp³-hybridized carbons (Fsp3) is 0.818. The number of guanidine groups is 2. The normalized spacial score (nSPS) is 19.9. The molecule has 1 heterocycles. The fourth-order valence-corrected chi connectivity index (χ4v) is 2.06. The summed E-state index contributed by atoms with van der Waals surface area (Å²) in [5, 5.41) is 0. The molecule has 6 heteroatoms. The molecular weight excluding hydrogens is 216 g/mol. The Labute approximate surface area is 103 Å². The minimum Gasteiger partial charge on any atom is -0.370 e. The summed E-state index contributed by atoms with van der Waals surface area (Å²) in [6.45, 7) is 6.31. The van der Waals surface area contributed by atoms with Crippen LogP contribution < -0.4 is 17.2 Å². The van der Waals surface area contributed by atoms with Gasteiger partial charge in [0.25, 0.3) is 0 Å². The molecule has 1 aliphatic rings. The first-order chi connectivity index (χ1) is 8.08. The van der Waals surface area contributed by atoms with Crippen molar-refractivity contribution in [1.29, 1.82) is 0 Å². The molecule has 0 aromatic carbocycles. The Balaban J connectivity index is 2.28. The SMILES string of the molecule is CC(CN=C(N)N=C(N)N)CN1CCCCC1. The maximum Gasteiger partial charge on any atom is 0.218 e. The molecule has 6 N–H and O–H groups in total. The van der Waals surface area contributed by atoms with Crippen LogP contribution in [0.3, 0.4) is 0 Å². The quantitative estimate of drug-likeness (QED) is 0.463. The molecule has 1 unspecified atom stereocenters. The van der Waals surface area contributed by atoms with Gasteiger partial charge in [0, 0.05) is 13.1 Å². The van der Waals surface area contributed by atoms with Gasteiger partial charge in [-0.15, -0.1) is 0 Å². The largest absolute Gasteiger partial charge is 0.370 e. The number of rotatable bonds is 4. The van der Waals surface area contributed by atoms with Crippen LogP contribution in [0.4, 0.5) is 0 Å². The number of piperidine rings is 1. The molecule has 1 atom stereocenters. The van der Waals surface area contributed by atoms with E-state index in [1.165, 1.54) is 32.4 Å². The van der Waals surface area contributed by atoms with Crippen LogP contribution in [0.5, 0.6) is 0 Å². The van der Waals surface area contributed by atoms with Gasteiger partial charge in [-0.2, -0.15) is 4.99 Å². The molecule has 0 bridgehead atoms. The second-order valence-corrected chi connectivity index (χ2v) is 4.70. The van der Waals surface area contributed by atoms with Crippen molar-refractivity contribution in [2.24, 2.45) is 33.1 Å². The van der Waals surface area contributed by atoms with Crippen molar-refractivity contribution in [2.45, 2.75) is 26.2 Å². The molecule has 1 saturated heterocycles. The number of hydrogen-bond donors (Lipinski definition) is 3. The molecule has 1 aliphatic heterocycles. The standard InChI is InChI=1S/C11H24N6/c1-9(7-15-11(14)16-10(12)13)8-17-5-3-2-4-6-17/h9H,2-8H2,1H3,(H6,12,13,14,15,16). The van der Waals surface area contributed by atoms with Crippen LogP contribution in [0.25, 0.3) is 0 Å². The molecule has 17 heavy (non-hydrogen) atoms. The smallest absolute Gasteiger partial charge is 0.218 e. The number of aliphatic imine (C=N–C) groups is 2. The maximum atomic E-state index is 5.54. The molecule has 0 amide bonds. The van der Waals surface area contributed by atoms with Gasteiger partial charge in [-0.1, -0.05) is 13.3 Å². The molecule has 0 aromatic rings. The summed E-state index contributed by atoms with van der Waals surface area (Å²) < 4.78 is 0. The van der Waals surface area contributed by atoms with E-state index in [-0.39, 0.29) is 11.9 Å². The van der Waals surface area contributed by atoms with Gasteiger partial charge < -0.3 is 22.1 Å². The van der Waals surface area contributed by atoms with E-state index < -0.39 is 0 Å². The molecule has 1 rings (SSSR count). The van der Waals surface area contributed by atoms with Crippen LogP contribution in [0.2, 0.25) is 0 Å². The molecule has 6 nitrogen and oxygen atoms in total. The van der Waals surface area contributed by atoms with E-state index in [0.29, 0.717) is 12.5 Å². The fourth-order valence-electron chi connectivity index (χ4n) is 2.06. The van der Waals surface area contributed by atoms with Crippen LogP contribution >= 0.6 is 0 Å². The lowest BCUT2D eigenvalue weighted by molar-refractivity contribution is 0.203. The third-order valence-corrected chi connectivity index (χ3v) is 2.83. The molecule has 0 aromatic heterocycles. The Morgan fingerprint density at radius 3 is 2.41 bits per heavy atom. The van der Waals surface area contributed by atoms with Crippen LogP contribution in [0.15, 0.2) is 9.98 Å². The molecule has 0 saturated carbocycles. The number of nitrogens with zero attached hydrogens (tertiary/aromatic N) is 3. The average Bonchev–Trinajstić information content (AvgIpc) is 2.27. The van der Waals surface area contributed by atoms with E-state index in [1.807, 2.05) is 0 Å². The summed E-state index contributed by atoms with van der Waals surface area (Å²) in [5.41, 5.74) is 16.0. The molecule has 0 spiro atoms. The Bertz CT molecular complexity index is 276. The van der Waals surface area contributed by atoms with Gasteiger partial charge in [-0.3, -0.25) is 4.99 Å². The number of hydrogen-bond acceptors (Lipinski definition) is 2. The van der Waals surface area contributed by atoms with Crippen molar-refractivity contribution in [2.75, 3.05) is 26.2 Å². The zero-order chi connectivity index (χ0) is 12.7. The first-order valence-electron chi connectivity index (χ1n) is 6.20. The second kappa shape index (κ2) is 7.11. The third-order valence-electron chi connectivity index (χ3n) is 2.83. The van der Waals surface area contributed by atoms with Gasteiger partial charge in [0.15, 0.2) is 5.96 Å². The molecule has 0 radical (unpaired) electrons. The van der Waals surface area contributed by atoms with E-state index >= 15 is 0 Å². The molecular formula is C11H24N6. The van der Waals surface area contributed by atoms with Crippen LogP contribution in [-0.4, -0.2) is 43.0 Å². The van der Waals surface area contributed by atoms with Crippen LogP contribution in [0.1, 0.15) is 26.2 Å².